The topological polar surface area (TPSA) is 44.5 Å². The van der Waals surface area contributed by atoms with Gasteiger partial charge in [-0.2, -0.15) is 0 Å². The van der Waals surface area contributed by atoms with E-state index in [2.05, 4.69) is 0 Å². The maximum atomic E-state index is 6.02. The molecule has 2 atom stereocenters. The highest BCUT2D eigenvalue weighted by atomic mass is 16.5. The lowest BCUT2D eigenvalue weighted by Gasteiger charge is -2.28. The van der Waals surface area contributed by atoms with Gasteiger partial charge in [0.15, 0.2) is 0 Å². The van der Waals surface area contributed by atoms with Crippen molar-refractivity contribution in [3.8, 4) is 11.5 Å². The molecular formula is C11H15NO2. The zero-order chi connectivity index (χ0) is 10.1. The minimum atomic E-state index is 0.0591. The highest BCUT2D eigenvalue weighted by Gasteiger charge is 2.23. The normalized spacial score (nSPS) is 25.1. The molecule has 0 saturated heterocycles. The maximum Gasteiger partial charge on any atom is 0.124 e. The molecule has 0 spiro atoms. The molecule has 0 bridgehead atoms. The van der Waals surface area contributed by atoms with Gasteiger partial charge in [0.2, 0.25) is 0 Å². The molecule has 1 aliphatic heterocycles. The third kappa shape index (κ3) is 1.55. The minimum Gasteiger partial charge on any atom is -0.497 e. The fourth-order valence-electron chi connectivity index (χ4n) is 1.80. The van der Waals surface area contributed by atoms with Gasteiger partial charge in [0.1, 0.15) is 11.5 Å². The molecule has 0 saturated carbocycles. The number of benzene rings is 1. The van der Waals surface area contributed by atoms with Crippen molar-refractivity contribution in [3.05, 3.63) is 23.8 Å². The van der Waals surface area contributed by atoms with Crippen LogP contribution in [0.2, 0.25) is 0 Å². The molecule has 0 aliphatic carbocycles. The van der Waals surface area contributed by atoms with Gasteiger partial charge in [0, 0.05) is 18.0 Å². The van der Waals surface area contributed by atoms with E-state index in [1.165, 1.54) is 0 Å². The van der Waals surface area contributed by atoms with Gasteiger partial charge < -0.3 is 15.2 Å². The molecule has 0 fully saturated rings. The molecule has 1 aliphatic rings. The van der Waals surface area contributed by atoms with E-state index in [9.17, 15) is 0 Å². The van der Waals surface area contributed by atoms with E-state index in [1.807, 2.05) is 25.1 Å². The Bertz CT molecular complexity index is 338. The van der Waals surface area contributed by atoms with Crippen molar-refractivity contribution in [2.24, 2.45) is 5.73 Å². The summed E-state index contributed by atoms with van der Waals surface area (Å²) in [6.07, 6.45) is 1.06. The summed E-state index contributed by atoms with van der Waals surface area (Å²) in [4.78, 5) is 0. The fraction of sp³-hybridized carbons (Fsp3) is 0.455. The molecule has 1 unspecified atom stereocenters. The fourth-order valence-corrected chi connectivity index (χ4v) is 1.80. The summed E-state index contributed by atoms with van der Waals surface area (Å²) in [6.45, 7) is 2.03. The highest BCUT2D eigenvalue weighted by molar-refractivity contribution is 5.43. The molecule has 2 rings (SSSR count). The van der Waals surface area contributed by atoms with Crippen LogP contribution in [0.4, 0.5) is 0 Å². The Morgan fingerprint density at radius 2 is 2.29 bits per heavy atom. The van der Waals surface area contributed by atoms with Crippen molar-refractivity contribution in [1.29, 1.82) is 0 Å². The summed E-state index contributed by atoms with van der Waals surface area (Å²) in [6, 6.07) is 5.82. The average molecular weight is 193 g/mol. The SMILES string of the molecule is COc1ccc2c(c1)[C@@H](N)CC(C)O2. The number of rotatable bonds is 1. The van der Waals surface area contributed by atoms with Crippen molar-refractivity contribution < 1.29 is 9.47 Å². The van der Waals surface area contributed by atoms with Gasteiger partial charge in [-0.05, 0) is 25.1 Å². The number of hydrogen-bond acceptors (Lipinski definition) is 3. The first kappa shape index (κ1) is 9.34. The molecule has 1 aromatic rings. The Morgan fingerprint density at radius 3 is 3.00 bits per heavy atom. The second-order valence-electron chi connectivity index (χ2n) is 3.67. The lowest BCUT2D eigenvalue weighted by atomic mass is 9.98. The van der Waals surface area contributed by atoms with Crippen LogP contribution in [-0.4, -0.2) is 13.2 Å². The molecule has 0 aromatic heterocycles. The summed E-state index contributed by atoms with van der Waals surface area (Å²) in [5.74, 6) is 1.72. The van der Waals surface area contributed by atoms with Gasteiger partial charge in [-0.3, -0.25) is 0 Å². The summed E-state index contributed by atoms with van der Waals surface area (Å²) >= 11 is 0. The smallest absolute Gasteiger partial charge is 0.124 e. The van der Waals surface area contributed by atoms with Crippen LogP contribution in [0.1, 0.15) is 24.9 Å². The molecule has 3 heteroatoms. The van der Waals surface area contributed by atoms with Gasteiger partial charge in [0.25, 0.3) is 0 Å². The van der Waals surface area contributed by atoms with Gasteiger partial charge in [-0.1, -0.05) is 0 Å². The van der Waals surface area contributed by atoms with Crippen molar-refractivity contribution in [2.75, 3.05) is 7.11 Å². The molecule has 2 N–H and O–H groups in total. The first-order chi connectivity index (χ1) is 6.70. The monoisotopic (exact) mass is 193 g/mol. The van der Waals surface area contributed by atoms with E-state index in [0.717, 1.165) is 23.5 Å². The predicted molar refractivity (Wildman–Crippen MR) is 54.6 cm³/mol. The first-order valence-electron chi connectivity index (χ1n) is 4.81. The summed E-state index contributed by atoms with van der Waals surface area (Å²) in [5, 5.41) is 0. The molecule has 1 aromatic carbocycles. The van der Waals surface area contributed by atoms with Crippen molar-refractivity contribution in [2.45, 2.75) is 25.5 Å². The Hall–Kier alpha value is -1.22. The van der Waals surface area contributed by atoms with Crippen molar-refractivity contribution in [3.63, 3.8) is 0 Å². The highest BCUT2D eigenvalue weighted by Crippen LogP contribution is 2.35. The molecule has 76 valence electrons. The van der Waals surface area contributed by atoms with Crippen molar-refractivity contribution >= 4 is 0 Å². The van der Waals surface area contributed by atoms with E-state index >= 15 is 0 Å². The number of ether oxygens (including phenoxy) is 2. The molecular weight excluding hydrogens is 178 g/mol. The summed E-state index contributed by atoms with van der Waals surface area (Å²) < 4.78 is 10.8. The quantitative estimate of drug-likeness (QED) is 0.740. The van der Waals surface area contributed by atoms with Crippen molar-refractivity contribution in [1.82, 2.24) is 0 Å². The first-order valence-corrected chi connectivity index (χ1v) is 4.81. The lowest BCUT2D eigenvalue weighted by molar-refractivity contribution is 0.176. The predicted octanol–water partition coefficient (Wildman–Crippen LogP) is 1.87. The largest absolute Gasteiger partial charge is 0.497 e. The zero-order valence-electron chi connectivity index (χ0n) is 8.49. The zero-order valence-corrected chi connectivity index (χ0v) is 8.49. The van der Waals surface area contributed by atoms with E-state index in [4.69, 9.17) is 15.2 Å². The second kappa shape index (κ2) is 3.50. The van der Waals surface area contributed by atoms with E-state index in [1.54, 1.807) is 7.11 Å². The Labute approximate surface area is 83.8 Å². The Morgan fingerprint density at radius 1 is 1.50 bits per heavy atom. The van der Waals surface area contributed by atoms with E-state index in [-0.39, 0.29) is 12.1 Å². The number of hydrogen-bond donors (Lipinski definition) is 1. The van der Waals surface area contributed by atoms with Crippen LogP contribution >= 0.6 is 0 Å². The van der Waals surface area contributed by atoms with Crippen LogP contribution in [-0.2, 0) is 0 Å². The number of methoxy groups -OCH3 is 1. The lowest BCUT2D eigenvalue weighted by Crippen LogP contribution is -2.27. The summed E-state index contributed by atoms with van der Waals surface area (Å²) in [7, 11) is 1.65. The van der Waals surface area contributed by atoms with Crippen LogP contribution in [0, 0.1) is 0 Å². The molecule has 14 heavy (non-hydrogen) atoms. The van der Waals surface area contributed by atoms with Crippen LogP contribution < -0.4 is 15.2 Å². The van der Waals surface area contributed by atoms with Crippen LogP contribution in [0.15, 0.2) is 18.2 Å². The Kier molecular flexibility index (Phi) is 2.33. The van der Waals surface area contributed by atoms with E-state index < -0.39 is 0 Å². The molecule has 3 nitrogen and oxygen atoms in total. The number of nitrogens with two attached hydrogens (primary N) is 1. The minimum absolute atomic E-state index is 0.0591. The van der Waals surface area contributed by atoms with Gasteiger partial charge in [-0.25, -0.2) is 0 Å². The standard InChI is InChI=1S/C11H15NO2/c1-7-5-10(12)9-6-8(13-2)3-4-11(9)14-7/h3-4,6-7,10H,5,12H2,1-2H3/t7?,10-/m0/s1. The van der Waals surface area contributed by atoms with E-state index in [0.29, 0.717) is 0 Å². The van der Waals surface area contributed by atoms with Crippen LogP contribution in [0.5, 0.6) is 11.5 Å². The van der Waals surface area contributed by atoms with Crippen LogP contribution in [0.25, 0.3) is 0 Å². The van der Waals surface area contributed by atoms with Crippen LogP contribution in [0.3, 0.4) is 0 Å². The average Bonchev–Trinajstić information content (AvgIpc) is 2.17. The molecule has 1 heterocycles. The molecule has 0 amide bonds. The maximum absolute atomic E-state index is 6.02. The van der Waals surface area contributed by atoms with Gasteiger partial charge >= 0.3 is 0 Å². The van der Waals surface area contributed by atoms with Gasteiger partial charge in [-0.15, -0.1) is 0 Å². The number of fused-ring (bicyclic) bond motifs is 1. The third-order valence-electron chi connectivity index (χ3n) is 2.53. The second-order valence-corrected chi connectivity index (χ2v) is 3.67. The molecule has 0 radical (unpaired) electrons. The summed E-state index contributed by atoms with van der Waals surface area (Å²) in [5.41, 5.74) is 7.07. The van der Waals surface area contributed by atoms with Gasteiger partial charge in [0.05, 0.1) is 13.2 Å². The Balaban J connectivity index is 2.39. The third-order valence-corrected chi connectivity index (χ3v) is 2.53.